The molecule has 0 radical (unpaired) electrons. The van der Waals surface area contributed by atoms with E-state index in [0.29, 0.717) is 7.11 Å². The van der Waals surface area contributed by atoms with Crippen molar-refractivity contribution in [2.45, 2.75) is 5.51 Å². The number of halogens is 3. The lowest BCUT2D eigenvalue weighted by molar-refractivity contribution is -0.189. The van der Waals surface area contributed by atoms with Gasteiger partial charge in [0.15, 0.2) is 0 Å². The summed E-state index contributed by atoms with van der Waals surface area (Å²) in [6.07, 6.45) is 0. The van der Waals surface area contributed by atoms with E-state index in [1.165, 1.54) is 0 Å². The van der Waals surface area contributed by atoms with Gasteiger partial charge in [-0.05, 0) is 0 Å². The van der Waals surface area contributed by atoms with Crippen molar-refractivity contribution in [3.8, 4) is 0 Å². The van der Waals surface area contributed by atoms with Gasteiger partial charge >= 0.3 is 15.6 Å². The molecule has 10 heavy (non-hydrogen) atoms. The van der Waals surface area contributed by atoms with Crippen molar-refractivity contribution in [3.63, 3.8) is 0 Å². The van der Waals surface area contributed by atoms with Gasteiger partial charge in [-0.25, -0.2) is 4.89 Å². The molecule has 0 aliphatic carbocycles. The molecule has 8 heteroatoms. The molecule has 0 bridgehead atoms. The van der Waals surface area contributed by atoms with Crippen molar-refractivity contribution in [1.82, 2.24) is 0 Å². The summed E-state index contributed by atoms with van der Waals surface area (Å²) in [5.41, 5.74) is -5.43. The first kappa shape index (κ1) is 9.66. The summed E-state index contributed by atoms with van der Waals surface area (Å²) in [6.45, 7) is 0. The van der Waals surface area contributed by atoms with Gasteiger partial charge in [0, 0.05) is 0 Å². The van der Waals surface area contributed by atoms with Crippen LogP contribution in [0.5, 0.6) is 0 Å². The standard InChI is InChI=1S/C2H3F3O4S/c1-8-9-10(6,7)2(3,4)5/h1H3. The van der Waals surface area contributed by atoms with Gasteiger partial charge in [0.1, 0.15) is 0 Å². The number of hydrogen-bond acceptors (Lipinski definition) is 4. The maximum Gasteiger partial charge on any atom is 0.525 e. The van der Waals surface area contributed by atoms with E-state index >= 15 is 0 Å². The quantitative estimate of drug-likeness (QED) is 0.351. The molecular weight excluding hydrogens is 177 g/mol. The first-order valence-electron chi connectivity index (χ1n) is 1.85. The van der Waals surface area contributed by atoms with Crippen LogP contribution in [0, 0.1) is 0 Å². The zero-order valence-corrected chi connectivity index (χ0v) is 5.49. The molecule has 0 fully saturated rings. The van der Waals surface area contributed by atoms with Crippen LogP contribution in [-0.2, 0) is 19.3 Å². The van der Waals surface area contributed by atoms with Crippen molar-refractivity contribution < 1.29 is 30.8 Å². The SMILES string of the molecule is COOS(=O)(=O)C(F)(F)F. The average Bonchev–Trinajstić information content (AvgIpc) is 1.61. The molecule has 0 aliphatic rings. The van der Waals surface area contributed by atoms with Crippen molar-refractivity contribution >= 4 is 10.1 Å². The van der Waals surface area contributed by atoms with E-state index in [-0.39, 0.29) is 0 Å². The highest BCUT2D eigenvalue weighted by Crippen LogP contribution is 2.24. The smallest absolute Gasteiger partial charge is 0.223 e. The molecule has 0 unspecified atom stereocenters. The minimum atomic E-state index is -5.57. The minimum absolute atomic E-state index is 0.656. The Kier molecular flexibility index (Phi) is 2.63. The van der Waals surface area contributed by atoms with Crippen LogP contribution in [0.25, 0.3) is 0 Å². The predicted molar refractivity (Wildman–Crippen MR) is 23.1 cm³/mol. The molecule has 0 atom stereocenters. The molecule has 0 saturated heterocycles. The van der Waals surface area contributed by atoms with E-state index in [9.17, 15) is 21.6 Å². The fourth-order valence-electron chi connectivity index (χ4n) is 0.128. The Bertz CT molecular complexity index is 191. The van der Waals surface area contributed by atoms with Crippen molar-refractivity contribution in [2.24, 2.45) is 0 Å². The van der Waals surface area contributed by atoms with Crippen molar-refractivity contribution in [2.75, 3.05) is 7.11 Å². The fraction of sp³-hybridized carbons (Fsp3) is 1.00. The van der Waals surface area contributed by atoms with Crippen LogP contribution < -0.4 is 0 Å². The van der Waals surface area contributed by atoms with Crippen LogP contribution >= 0.6 is 0 Å². The Morgan fingerprint density at radius 2 is 1.70 bits per heavy atom. The van der Waals surface area contributed by atoms with E-state index in [0.717, 1.165) is 0 Å². The lowest BCUT2D eigenvalue weighted by Crippen LogP contribution is -2.25. The van der Waals surface area contributed by atoms with Gasteiger partial charge in [0.2, 0.25) is 0 Å². The minimum Gasteiger partial charge on any atom is -0.223 e. The molecule has 0 aromatic heterocycles. The van der Waals surface area contributed by atoms with E-state index in [4.69, 9.17) is 0 Å². The van der Waals surface area contributed by atoms with Crippen LogP contribution in [0.4, 0.5) is 13.2 Å². The van der Waals surface area contributed by atoms with Gasteiger partial charge in [0.05, 0.1) is 7.11 Å². The highest BCUT2D eigenvalue weighted by Gasteiger charge is 2.48. The van der Waals surface area contributed by atoms with Crippen LogP contribution in [0.3, 0.4) is 0 Å². The molecule has 0 aliphatic heterocycles. The molecule has 0 saturated carbocycles. The van der Waals surface area contributed by atoms with E-state index in [1.807, 2.05) is 0 Å². The van der Waals surface area contributed by atoms with Crippen molar-refractivity contribution in [3.05, 3.63) is 0 Å². The summed E-state index contributed by atoms with van der Waals surface area (Å²) in [6, 6.07) is 0. The second-order valence-corrected chi connectivity index (χ2v) is 2.64. The second-order valence-electron chi connectivity index (χ2n) is 1.13. The summed E-state index contributed by atoms with van der Waals surface area (Å²) in [7, 11) is -4.91. The lowest BCUT2D eigenvalue weighted by Gasteiger charge is -2.03. The van der Waals surface area contributed by atoms with Crippen LogP contribution in [-0.4, -0.2) is 21.0 Å². The summed E-state index contributed by atoms with van der Waals surface area (Å²) in [5, 5.41) is 0. The third-order valence-corrected chi connectivity index (χ3v) is 1.32. The van der Waals surface area contributed by atoms with Gasteiger partial charge in [-0.1, -0.05) is 0 Å². The summed E-state index contributed by atoms with van der Waals surface area (Å²) < 4.78 is 56.2. The van der Waals surface area contributed by atoms with E-state index in [2.05, 4.69) is 9.22 Å². The zero-order valence-electron chi connectivity index (χ0n) is 4.68. The number of hydrogen-bond donors (Lipinski definition) is 0. The lowest BCUT2D eigenvalue weighted by atomic mass is 11.6. The first-order chi connectivity index (χ1) is 4.31. The molecule has 0 amide bonds. The number of alkyl halides is 3. The Labute approximate surface area is 54.6 Å². The maximum absolute atomic E-state index is 11.2. The van der Waals surface area contributed by atoms with Crippen LogP contribution in [0.1, 0.15) is 0 Å². The molecule has 62 valence electrons. The Hall–Kier alpha value is -0.340. The third kappa shape index (κ3) is 2.12. The van der Waals surface area contributed by atoms with Gasteiger partial charge < -0.3 is 0 Å². The van der Waals surface area contributed by atoms with Gasteiger partial charge in [-0.15, -0.1) is 4.33 Å². The van der Waals surface area contributed by atoms with E-state index < -0.39 is 15.6 Å². The van der Waals surface area contributed by atoms with E-state index in [1.54, 1.807) is 0 Å². The molecule has 0 spiro atoms. The van der Waals surface area contributed by atoms with Crippen LogP contribution in [0.2, 0.25) is 0 Å². The zero-order chi connectivity index (χ0) is 8.41. The molecular formula is C2H3F3O4S. The second kappa shape index (κ2) is 2.72. The topological polar surface area (TPSA) is 52.6 Å². The average molecular weight is 180 g/mol. The molecule has 0 aromatic carbocycles. The molecule has 0 aromatic rings. The first-order valence-corrected chi connectivity index (χ1v) is 3.25. The number of rotatable bonds is 2. The van der Waals surface area contributed by atoms with Gasteiger partial charge in [-0.2, -0.15) is 21.6 Å². The maximum atomic E-state index is 11.2. The Morgan fingerprint density at radius 3 is 1.80 bits per heavy atom. The summed E-state index contributed by atoms with van der Waals surface area (Å²) in [5.74, 6) is 0. The predicted octanol–water partition coefficient (Wildman–Crippen LogP) is 0.414. The monoisotopic (exact) mass is 180 g/mol. The molecule has 0 heterocycles. The Morgan fingerprint density at radius 1 is 1.30 bits per heavy atom. The van der Waals surface area contributed by atoms with Crippen LogP contribution in [0.15, 0.2) is 0 Å². The van der Waals surface area contributed by atoms with Gasteiger partial charge in [0.25, 0.3) is 0 Å². The van der Waals surface area contributed by atoms with Crippen molar-refractivity contribution in [1.29, 1.82) is 0 Å². The Balaban J connectivity index is 4.44. The van der Waals surface area contributed by atoms with Gasteiger partial charge in [-0.3, -0.25) is 0 Å². The molecule has 0 rings (SSSR count). The summed E-state index contributed by atoms with van der Waals surface area (Å²) in [4.78, 5) is 3.33. The molecule has 4 nitrogen and oxygen atoms in total. The molecule has 0 N–H and O–H groups in total. The fourth-order valence-corrected chi connectivity index (χ4v) is 0.384. The highest BCUT2D eigenvalue weighted by atomic mass is 32.2. The highest BCUT2D eigenvalue weighted by molar-refractivity contribution is 7.87. The summed E-state index contributed by atoms with van der Waals surface area (Å²) >= 11 is 0. The normalized spacial score (nSPS) is 13.6. The largest absolute Gasteiger partial charge is 0.525 e. The third-order valence-electron chi connectivity index (χ3n) is 0.441.